The van der Waals surface area contributed by atoms with Gasteiger partial charge in [-0.25, -0.2) is 9.97 Å². The number of piperidine rings is 1. The predicted octanol–water partition coefficient (Wildman–Crippen LogP) is 3.09. The summed E-state index contributed by atoms with van der Waals surface area (Å²) < 4.78 is 11.4. The zero-order valence-electron chi connectivity index (χ0n) is 16.1. The minimum atomic E-state index is -0.0961. The fraction of sp³-hybridized carbons (Fsp3) is 0.286. The van der Waals surface area contributed by atoms with Crippen molar-refractivity contribution in [2.45, 2.75) is 18.8 Å². The Labute approximate surface area is 168 Å². The van der Waals surface area contributed by atoms with E-state index in [2.05, 4.69) is 19.9 Å². The van der Waals surface area contributed by atoms with E-state index < -0.39 is 0 Å². The zero-order chi connectivity index (χ0) is 20.1. The third-order valence-electron chi connectivity index (χ3n) is 4.92. The molecule has 1 aliphatic rings. The minimum absolute atomic E-state index is 0.0961. The van der Waals surface area contributed by atoms with E-state index in [4.69, 9.17) is 9.47 Å². The molecule has 2 aromatic heterocycles. The van der Waals surface area contributed by atoms with Crippen molar-refractivity contribution >= 4 is 5.91 Å². The maximum absolute atomic E-state index is 12.6. The van der Waals surface area contributed by atoms with Crippen molar-refractivity contribution in [1.82, 2.24) is 24.8 Å². The fourth-order valence-electron chi connectivity index (χ4n) is 3.43. The number of methoxy groups -OCH3 is 1. The molecule has 1 amide bonds. The molecule has 0 aliphatic carbocycles. The standard InChI is InChI=1S/C21H21N5O3/c1-28-17-4-2-3-5-18(17)29-20-19(24-10-11-25-20)15-6-12-26(13-7-15)21(27)16-14-22-8-9-23-16/h2-5,8-11,14-15H,6-7,12-13H2,1H3. The highest BCUT2D eigenvalue weighted by Gasteiger charge is 2.28. The summed E-state index contributed by atoms with van der Waals surface area (Å²) >= 11 is 0. The largest absolute Gasteiger partial charge is 0.493 e. The van der Waals surface area contributed by atoms with E-state index in [-0.39, 0.29) is 11.8 Å². The second kappa shape index (κ2) is 8.64. The Morgan fingerprint density at radius 2 is 1.72 bits per heavy atom. The van der Waals surface area contributed by atoms with Crippen LogP contribution in [0.25, 0.3) is 0 Å². The molecule has 29 heavy (non-hydrogen) atoms. The summed E-state index contributed by atoms with van der Waals surface area (Å²) in [7, 11) is 1.60. The molecule has 1 aromatic carbocycles. The molecule has 0 spiro atoms. The summed E-state index contributed by atoms with van der Waals surface area (Å²) in [6.45, 7) is 1.23. The molecule has 8 nitrogen and oxygen atoms in total. The Morgan fingerprint density at radius 3 is 2.45 bits per heavy atom. The molecular formula is C21H21N5O3. The Balaban J connectivity index is 1.47. The molecule has 148 valence electrons. The van der Waals surface area contributed by atoms with Crippen LogP contribution in [0.15, 0.2) is 55.2 Å². The van der Waals surface area contributed by atoms with Gasteiger partial charge in [-0.1, -0.05) is 12.1 Å². The summed E-state index contributed by atoms with van der Waals surface area (Å²) in [6.07, 6.45) is 9.40. The summed E-state index contributed by atoms with van der Waals surface area (Å²) in [4.78, 5) is 31.4. The van der Waals surface area contributed by atoms with Crippen LogP contribution in [0, 0.1) is 0 Å². The number of para-hydroxylation sites is 2. The molecule has 0 unspecified atom stereocenters. The molecule has 1 aliphatic heterocycles. The van der Waals surface area contributed by atoms with Crippen molar-refractivity contribution in [3.8, 4) is 17.4 Å². The van der Waals surface area contributed by atoms with Crippen LogP contribution in [0.5, 0.6) is 17.4 Å². The number of aromatic nitrogens is 4. The van der Waals surface area contributed by atoms with E-state index in [0.717, 1.165) is 18.5 Å². The number of hydrogen-bond donors (Lipinski definition) is 0. The Morgan fingerprint density at radius 1 is 1.00 bits per heavy atom. The van der Waals surface area contributed by atoms with Crippen molar-refractivity contribution in [2.75, 3.05) is 20.2 Å². The van der Waals surface area contributed by atoms with Crippen molar-refractivity contribution in [2.24, 2.45) is 0 Å². The molecule has 3 heterocycles. The van der Waals surface area contributed by atoms with Gasteiger partial charge in [0.25, 0.3) is 5.91 Å². The van der Waals surface area contributed by atoms with Gasteiger partial charge in [0.05, 0.1) is 13.3 Å². The predicted molar refractivity (Wildman–Crippen MR) is 105 cm³/mol. The molecule has 0 atom stereocenters. The summed E-state index contributed by atoms with van der Waals surface area (Å²) in [5, 5.41) is 0. The molecule has 1 saturated heterocycles. The van der Waals surface area contributed by atoms with Crippen molar-refractivity contribution in [1.29, 1.82) is 0 Å². The van der Waals surface area contributed by atoms with Gasteiger partial charge >= 0.3 is 0 Å². The molecule has 1 fully saturated rings. The first-order valence-electron chi connectivity index (χ1n) is 9.43. The summed E-state index contributed by atoms with van der Waals surface area (Å²) in [6, 6.07) is 7.43. The number of benzene rings is 1. The number of carbonyl (C=O) groups is 1. The lowest BCUT2D eigenvalue weighted by Crippen LogP contribution is -2.38. The quantitative estimate of drug-likeness (QED) is 0.660. The van der Waals surface area contributed by atoms with Crippen molar-refractivity contribution in [3.63, 3.8) is 0 Å². The first kappa shape index (κ1) is 18.8. The zero-order valence-corrected chi connectivity index (χ0v) is 16.1. The van der Waals surface area contributed by atoms with Crippen molar-refractivity contribution in [3.05, 3.63) is 66.6 Å². The Bertz CT molecular complexity index is 975. The number of ether oxygens (including phenoxy) is 2. The van der Waals surface area contributed by atoms with Crippen LogP contribution in [-0.2, 0) is 0 Å². The molecule has 0 bridgehead atoms. The number of amides is 1. The Kier molecular flexibility index (Phi) is 5.60. The van der Waals surface area contributed by atoms with Gasteiger partial charge in [-0.15, -0.1) is 0 Å². The molecule has 3 aromatic rings. The summed E-state index contributed by atoms with van der Waals surface area (Å²) in [5.41, 5.74) is 1.16. The Hall–Kier alpha value is -3.55. The normalized spacial score (nSPS) is 14.4. The third-order valence-corrected chi connectivity index (χ3v) is 4.92. The highest BCUT2D eigenvalue weighted by atomic mass is 16.5. The number of nitrogens with zero attached hydrogens (tertiary/aromatic N) is 5. The van der Waals surface area contributed by atoms with Gasteiger partial charge in [0.2, 0.25) is 5.88 Å². The molecule has 0 radical (unpaired) electrons. The highest BCUT2D eigenvalue weighted by molar-refractivity contribution is 5.92. The van der Waals surface area contributed by atoms with Gasteiger partial charge in [0.1, 0.15) is 11.4 Å². The number of likely N-dealkylation sites (tertiary alicyclic amines) is 1. The monoisotopic (exact) mass is 391 g/mol. The van der Waals surface area contributed by atoms with E-state index in [1.165, 1.54) is 12.4 Å². The number of rotatable bonds is 5. The minimum Gasteiger partial charge on any atom is -0.493 e. The molecule has 4 rings (SSSR count). The lowest BCUT2D eigenvalue weighted by Gasteiger charge is -2.31. The summed E-state index contributed by atoms with van der Waals surface area (Å²) in [5.74, 6) is 1.75. The lowest BCUT2D eigenvalue weighted by atomic mass is 9.93. The smallest absolute Gasteiger partial charge is 0.274 e. The average Bonchev–Trinajstić information content (AvgIpc) is 2.80. The number of hydrogen-bond acceptors (Lipinski definition) is 7. The molecule has 0 saturated carbocycles. The van der Waals surface area contributed by atoms with E-state index in [0.29, 0.717) is 36.2 Å². The van der Waals surface area contributed by atoms with E-state index in [1.54, 1.807) is 30.6 Å². The van der Waals surface area contributed by atoms with Gasteiger partial charge < -0.3 is 14.4 Å². The van der Waals surface area contributed by atoms with E-state index >= 15 is 0 Å². The average molecular weight is 391 g/mol. The van der Waals surface area contributed by atoms with Crippen LogP contribution in [0.4, 0.5) is 0 Å². The van der Waals surface area contributed by atoms with Crippen LogP contribution < -0.4 is 9.47 Å². The molecule has 0 N–H and O–H groups in total. The first-order valence-corrected chi connectivity index (χ1v) is 9.43. The second-order valence-corrected chi connectivity index (χ2v) is 6.66. The maximum Gasteiger partial charge on any atom is 0.274 e. The van der Waals surface area contributed by atoms with Gasteiger partial charge in [-0.05, 0) is 25.0 Å². The third kappa shape index (κ3) is 4.16. The van der Waals surface area contributed by atoms with E-state index in [9.17, 15) is 4.79 Å². The van der Waals surface area contributed by atoms with Crippen LogP contribution in [-0.4, -0.2) is 50.9 Å². The molecular weight excluding hydrogens is 370 g/mol. The van der Waals surface area contributed by atoms with Crippen molar-refractivity contribution < 1.29 is 14.3 Å². The fourth-order valence-corrected chi connectivity index (χ4v) is 3.43. The first-order chi connectivity index (χ1) is 14.3. The van der Waals surface area contributed by atoms with Crippen LogP contribution >= 0.6 is 0 Å². The second-order valence-electron chi connectivity index (χ2n) is 6.66. The lowest BCUT2D eigenvalue weighted by molar-refractivity contribution is 0.0705. The van der Waals surface area contributed by atoms with Gasteiger partial charge in [0, 0.05) is 43.8 Å². The van der Waals surface area contributed by atoms with Gasteiger partial charge in [-0.3, -0.25) is 14.8 Å². The van der Waals surface area contributed by atoms with E-state index in [1.807, 2.05) is 24.3 Å². The topological polar surface area (TPSA) is 90.3 Å². The maximum atomic E-state index is 12.6. The van der Waals surface area contributed by atoms with Gasteiger partial charge in [0.15, 0.2) is 11.5 Å². The van der Waals surface area contributed by atoms with Gasteiger partial charge in [-0.2, -0.15) is 0 Å². The molecule has 8 heteroatoms. The highest BCUT2D eigenvalue weighted by Crippen LogP contribution is 2.36. The SMILES string of the molecule is COc1ccccc1Oc1nccnc1C1CCN(C(=O)c2cnccn2)CC1. The number of carbonyl (C=O) groups excluding carboxylic acids is 1. The van der Waals surface area contributed by atoms with Crippen LogP contribution in [0.2, 0.25) is 0 Å². The van der Waals surface area contributed by atoms with Crippen LogP contribution in [0.1, 0.15) is 34.9 Å². The van der Waals surface area contributed by atoms with Crippen LogP contribution in [0.3, 0.4) is 0 Å².